The summed E-state index contributed by atoms with van der Waals surface area (Å²) >= 11 is 0.728. The number of piperazine rings is 1. The van der Waals surface area contributed by atoms with Crippen LogP contribution in [-0.4, -0.2) is 72.2 Å². The first-order chi connectivity index (χ1) is 14.8. The number of sulfonamides is 1. The monoisotopic (exact) mass is 468 g/mol. The van der Waals surface area contributed by atoms with E-state index in [2.05, 4.69) is 0 Å². The number of thiophene rings is 1. The van der Waals surface area contributed by atoms with Crippen molar-refractivity contribution in [3.8, 4) is 5.75 Å². The standard InChI is InChI=1S/C20H24N2O7S2/c1-13-16(18(23)28-3)20(30-17(13)19(24)29-4)31(25,26)22-11-9-21(10-12-22)14-7-5-6-8-15(14)27-2/h5-8H,9-12H2,1-4H3. The molecule has 0 atom stereocenters. The Morgan fingerprint density at radius 3 is 2.16 bits per heavy atom. The van der Waals surface area contributed by atoms with Crippen LogP contribution in [0.25, 0.3) is 0 Å². The molecule has 0 N–H and O–H groups in total. The fraction of sp³-hybridized carbons (Fsp3) is 0.400. The Labute approximate surface area is 185 Å². The molecule has 2 heterocycles. The number of carbonyl (C=O) groups excluding carboxylic acids is 2. The average Bonchev–Trinajstić information content (AvgIpc) is 3.15. The van der Waals surface area contributed by atoms with Crippen molar-refractivity contribution in [1.29, 1.82) is 0 Å². The lowest BCUT2D eigenvalue weighted by Gasteiger charge is -2.35. The zero-order valence-corrected chi connectivity index (χ0v) is 19.3. The van der Waals surface area contributed by atoms with Gasteiger partial charge >= 0.3 is 11.9 Å². The molecule has 11 heteroatoms. The average molecular weight is 469 g/mol. The molecule has 0 unspecified atom stereocenters. The maximum atomic E-state index is 13.4. The van der Waals surface area contributed by atoms with Crippen molar-refractivity contribution in [3.05, 3.63) is 40.3 Å². The van der Waals surface area contributed by atoms with Gasteiger partial charge < -0.3 is 19.1 Å². The smallest absolute Gasteiger partial charge is 0.348 e. The minimum atomic E-state index is -4.03. The Bertz CT molecular complexity index is 1090. The summed E-state index contributed by atoms with van der Waals surface area (Å²) in [4.78, 5) is 26.5. The van der Waals surface area contributed by atoms with E-state index in [4.69, 9.17) is 14.2 Å². The molecule has 9 nitrogen and oxygen atoms in total. The zero-order chi connectivity index (χ0) is 22.8. The molecule has 3 rings (SSSR count). The molecule has 0 radical (unpaired) electrons. The van der Waals surface area contributed by atoms with Gasteiger partial charge in [-0.25, -0.2) is 18.0 Å². The molecule has 1 aromatic carbocycles. The molecule has 0 saturated carbocycles. The van der Waals surface area contributed by atoms with Gasteiger partial charge in [0.1, 0.15) is 10.6 Å². The largest absolute Gasteiger partial charge is 0.495 e. The van der Waals surface area contributed by atoms with Crippen molar-refractivity contribution < 1.29 is 32.2 Å². The van der Waals surface area contributed by atoms with Crippen molar-refractivity contribution >= 4 is 39.0 Å². The van der Waals surface area contributed by atoms with Crippen LogP contribution in [0.1, 0.15) is 25.6 Å². The minimum absolute atomic E-state index is 0.0640. The van der Waals surface area contributed by atoms with Crippen LogP contribution in [0.15, 0.2) is 28.5 Å². The van der Waals surface area contributed by atoms with Gasteiger partial charge in [0.25, 0.3) is 10.0 Å². The second-order valence-corrected chi connectivity index (χ2v) is 9.92. The highest BCUT2D eigenvalue weighted by Gasteiger charge is 2.37. The van der Waals surface area contributed by atoms with Crippen LogP contribution >= 0.6 is 11.3 Å². The molecule has 31 heavy (non-hydrogen) atoms. The molecule has 0 aliphatic carbocycles. The molecular weight excluding hydrogens is 444 g/mol. The summed E-state index contributed by atoms with van der Waals surface area (Å²) in [6.45, 7) is 2.83. The number of esters is 2. The number of ether oxygens (including phenoxy) is 3. The van der Waals surface area contributed by atoms with Gasteiger partial charge in [0.2, 0.25) is 0 Å². The Kier molecular flexibility index (Phi) is 6.87. The predicted molar refractivity (Wildman–Crippen MR) is 116 cm³/mol. The minimum Gasteiger partial charge on any atom is -0.495 e. The second-order valence-electron chi connectivity index (χ2n) is 6.76. The fourth-order valence-corrected chi connectivity index (χ4v) is 6.78. The fourth-order valence-electron chi connectivity index (χ4n) is 3.47. The van der Waals surface area contributed by atoms with Crippen LogP contribution in [0.5, 0.6) is 5.75 Å². The lowest BCUT2D eigenvalue weighted by atomic mass is 10.2. The van der Waals surface area contributed by atoms with E-state index in [9.17, 15) is 18.0 Å². The van der Waals surface area contributed by atoms with E-state index in [1.165, 1.54) is 25.4 Å². The first kappa shape index (κ1) is 23.0. The van der Waals surface area contributed by atoms with Crippen LogP contribution in [0.3, 0.4) is 0 Å². The molecule has 1 fully saturated rings. The highest BCUT2D eigenvalue weighted by Crippen LogP contribution is 2.36. The van der Waals surface area contributed by atoms with E-state index in [0.29, 0.717) is 18.8 Å². The normalized spacial score (nSPS) is 14.9. The quantitative estimate of drug-likeness (QED) is 0.595. The number of benzene rings is 1. The first-order valence-corrected chi connectivity index (χ1v) is 11.7. The van der Waals surface area contributed by atoms with Crippen LogP contribution in [0, 0.1) is 6.92 Å². The van der Waals surface area contributed by atoms with Gasteiger partial charge in [-0.2, -0.15) is 4.31 Å². The van der Waals surface area contributed by atoms with Crippen LogP contribution in [0.2, 0.25) is 0 Å². The molecule has 2 aromatic rings. The van der Waals surface area contributed by atoms with Gasteiger partial charge in [-0.05, 0) is 24.6 Å². The van der Waals surface area contributed by atoms with Crippen molar-refractivity contribution in [2.24, 2.45) is 0 Å². The molecule has 0 amide bonds. The molecule has 0 spiro atoms. The predicted octanol–water partition coefficient (Wildman–Crippen LogP) is 2.15. The third-order valence-corrected chi connectivity index (χ3v) is 8.78. The highest BCUT2D eigenvalue weighted by molar-refractivity contribution is 7.91. The number of hydrogen-bond acceptors (Lipinski definition) is 9. The van der Waals surface area contributed by atoms with Crippen molar-refractivity contribution in [3.63, 3.8) is 0 Å². The Morgan fingerprint density at radius 1 is 0.968 bits per heavy atom. The van der Waals surface area contributed by atoms with E-state index in [-0.39, 0.29) is 33.3 Å². The van der Waals surface area contributed by atoms with Gasteiger partial charge in [-0.1, -0.05) is 12.1 Å². The molecule has 1 aliphatic heterocycles. The maximum Gasteiger partial charge on any atom is 0.348 e. The SMILES string of the molecule is COC(=O)c1sc(S(=O)(=O)N2CCN(c3ccccc3OC)CC2)c(C(=O)OC)c1C. The number of nitrogens with zero attached hydrogens (tertiary/aromatic N) is 2. The van der Waals surface area contributed by atoms with Gasteiger partial charge in [-0.15, -0.1) is 11.3 Å². The van der Waals surface area contributed by atoms with E-state index >= 15 is 0 Å². The van der Waals surface area contributed by atoms with Gasteiger partial charge in [-0.3, -0.25) is 0 Å². The van der Waals surface area contributed by atoms with Crippen molar-refractivity contribution in [2.45, 2.75) is 11.1 Å². The number of anilines is 1. The number of carbonyl (C=O) groups is 2. The number of rotatable bonds is 6. The van der Waals surface area contributed by atoms with Crippen molar-refractivity contribution in [2.75, 3.05) is 52.4 Å². The van der Waals surface area contributed by atoms with Gasteiger partial charge in [0.15, 0.2) is 4.21 Å². The molecule has 1 aliphatic rings. The highest BCUT2D eigenvalue weighted by atomic mass is 32.2. The van der Waals surface area contributed by atoms with Crippen LogP contribution in [-0.2, 0) is 19.5 Å². The topological polar surface area (TPSA) is 102 Å². The molecule has 1 saturated heterocycles. The van der Waals surface area contributed by atoms with Crippen LogP contribution < -0.4 is 9.64 Å². The number of methoxy groups -OCH3 is 3. The van der Waals surface area contributed by atoms with E-state index < -0.39 is 22.0 Å². The summed E-state index contributed by atoms with van der Waals surface area (Å²) in [6.07, 6.45) is 0. The number of hydrogen-bond donors (Lipinski definition) is 0. The molecule has 1 aromatic heterocycles. The Balaban J connectivity index is 1.91. The third kappa shape index (κ3) is 4.25. The molecule has 0 bridgehead atoms. The molecular formula is C20H24N2O7S2. The molecule has 168 valence electrons. The van der Waals surface area contributed by atoms with Gasteiger partial charge in [0, 0.05) is 26.2 Å². The summed E-state index contributed by atoms with van der Waals surface area (Å²) in [7, 11) is -0.0727. The Hall–Kier alpha value is -2.63. The Morgan fingerprint density at radius 2 is 1.58 bits per heavy atom. The second kappa shape index (κ2) is 9.25. The van der Waals surface area contributed by atoms with E-state index in [0.717, 1.165) is 17.0 Å². The van der Waals surface area contributed by atoms with E-state index in [1.54, 1.807) is 7.11 Å². The van der Waals surface area contributed by atoms with Crippen molar-refractivity contribution in [1.82, 2.24) is 4.31 Å². The van der Waals surface area contributed by atoms with E-state index in [1.807, 2.05) is 29.2 Å². The first-order valence-electron chi connectivity index (χ1n) is 9.44. The lowest BCUT2D eigenvalue weighted by Crippen LogP contribution is -2.48. The third-order valence-electron chi connectivity index (χ3n) is 5.11. The maximum absolute atomic E-state index is 13.4. The van der Waals surface area contributed by atoms with Gasteiger partial charge in [0.05, 0.1) is 32.6 Å². The summed E-state index contributed by atoms with van der Waals surface area (Å²) in [5.74, 6) is -0.798. The van der Waals surface area contributed by atoms with Crippen LogP contribution in [0.4, 0.5) is 5.69 Å². The summed E-state index contributed by atoms with van der Waals surface area (Å²) in [6, 6.07) is 7.54. The zero-order valence-electron chi connectivity index (χ0n) is 17.7. The summed E-state index contributed by atoms with van der Waals surface area (Å²) in [5, 5.41) is 0. The summed E-state index contributed by atoms with van der Waals surface area (Å²) < 4.78 is 42.8. The summed E-state index contributed by atoms with van der Waals surface area (Å²) in [5.41, 5.74) is 0.993. The lowest BCUT2D eigenvalue weighted by molar-refractivity contribution is 0.0596. The number of para-hydroxylation sites is 2.